The van der Waals surface area contributed by atoms with Crippen molar-refractivity contribution in [2.75, 3.05) is 0 Å². The van der Waals surface area contributed by atoms with Crippen LogP contribution in [0.3, 0.4) is 0 Å². The molecule has 0 aliphatic rings. The number of nitrogens with zero attached hydrogens (tertiary/aromatic N) is 2. The molecule has 0 saturated carbocycles. The van der Waals surface area contributed by atoms with Crippen LogP contribution in [-0.2, 0) is 4.79 Å². The van der Waals surface area contributed by atoms with E-state index in [1.54, 1.807) is 6.07 Å². The normalized spacial score (nSPS) is 11.2. The van der Waals surface area contributed by atoms with Gasteiger partial charge in [0.25, 0.3) is 0 Å². The van der Waals surface area contributed by atoms with Crippen LogP contribution in [-0.4, -0.2) is 6.08 Å². The molecular formula is C9H4BrFN2O. The first-order valence-corrected chi connectivity index (χ1v) is 4.40. The van der Waals surface area contributed by atoms with Gasteiger partial charge in [0.05, 0.1) is 10.5 Å². The molecule has 70 valence electrons. The Hall–Kier alpha value is -1.50. The average molecular weight is 255 g/mol. The van der Waals surface area contributed by atoms with Crippen molar-refractivity contribution in [2.24, 2.45) is 4.99 Å². The molecule has 0 heterocycles. The second-order valence-corrected chi connectivity index (χ2v) is 3.28. The number of aliphatic imine (C=N–C) groups is 1. The second kappa shape index (κ2) is 4.66. The minimum Gasteiger partial charge on any atom is -0.211 e. The van der Waals surface area contributed by atoms with Gasteiger partial charge in [-0.15, -0.1) is 0 Å². The minimum absolute atomic E-state index is 0.299. The fourth-order valence-corrected chi connectivity index (χ4v) is 1.16. The van der Waals surface area contributed by atoms with Crippen molar-refractivity contribution in [1.29, 1.82) is 5.26 Å². The average Bonchev–Trinajstić information content (AvgIpc) is 2.19. The zero-order valence-corrected chi connectivity index (χ0v) is 8.45. The molecule has 0 aromatic heterocycles. The van der Waals surface area contributed by atoms with Crippen LogP contribution in [0.2, 0.25) is 0 Å². The fraction of sp³-hybridized carbons (Fsp3) is 0.111. The van der Waals surface area contributed by atoms with Gasteiger partial charge in [-0.05, 0) is 33.6 Å². The lowest BCUT2D eigenvalue weighted by atomic mass is 10.1. The van der Waals surface area contributed by atoms with E-state index in [-0.39, 0.29) is 0 Å². The lowest BCUT2D eigenvalue weighted by Gasteiger charge is -2.02. The number of halogens is 2. The number of benzene rings is 1. The quantitative estimate of drug-likeness (QED) is 0.602. The summed E-state index contributed by atoms with van der Waals surface area (Å²) < 4.78 is 13.3. The molecule has 0 bridgehead atoms. The molecule has 0 aliphatic heterocycles. The van der Waals surface area contributed by atoms with Crippen LogP contribution in [0, 0.1) is 17.1 Å². The Balaban J connectivity index is 3.13. The number of hydrogen-bond donors (Lipinski definition) is 0. The van der Waals surface area contributed by atoms with Gasteiger partial charge in [0.1, 0.15) is 5.82 Å². The molecule has 1 aromatic carbocycles. The summed E-state index contributed by atoms with van der Waals surface area (Å²) in [5.41, 5.74) is 0.330. The maximum atomic E-state index is 13.0. The van der Waals surface area contributed by atoms with Crippen LogP contribution in [0.15, 0.2) is 27.7 Å². The van der Waals surface area contributed by atoms with Gasteiger partial charge in [-0.2, -0.15) is 10.3 Å². The smallest absolute Gasteiger partial charge is 0.211 e. The predicted molar refractivity (Wildman–Crippen MR) is 50.6 cm³/mol. The van der Waals surface area contributed by atoms with Gasteiger partial charge < -0.3 is 0 Å². The number of hydrogen-bond acceptors (Lipinski definition) is 3. The van der Waals surface area contributed by atoms with E-state index < -0.39 is 11.9 Å². The molecule has 1 unspecified atom stereocenters. The zero-order chi connectivity index (χ0) is 10.6. The van der Waals surface area contributed by atoms with Crippen LogP contribution in [0.5, 0.6) is 0 Å². The Labute approximate surface area is 88.0 Å². The monoisotopic (exact) mass is 254 g/mol. The summed E-state index contributed by atoms with van der Waals surface area (Å²) in [7, 11) is 0. The Kier molecular flexibility index (Phi) is 3.52. The van der Waals surface area contributed by atoms with Gasteiger partial charge in [-0.3, -0.25) is 0 Å². The summed E-state index contributed by atoms with van der Waals surface area (Å²) in [4.78, 5) is 13.2. The van der Waals surface area contributed by atoms with Gasteiger partial charge in [0.15, 0.2) is 6.04 Å². The number of nitriles is 1. The molecule has 0 aliphatic carbocycles. The molecule has 0 spiro atoms. The van der Waals surface area contributed by atoms with Gasteiger partial charge in [0, 0.05) is 0 Å². The number of isocyanates is 1. The summed E-state index contributed by atoms with van der Waals surface area (Å²) in [6.07, 6.45) is 1.27. The van der Waals surface area contributed by atoms with Crippen LogP contribution in [0.25, 0.3) is 0 Å². The highest BCUT2D eigenvalue weighted by atomic mass is 79.9. The Morgan fingerprint density at radius 1 is 1.57 bits per heavy atom. The van der Waals surface area contributed by atoms with E-state index in [0.29, 0.717) is 10.0 Å². The van der Waals surface area contributed by atoms with E-state index in [2.05, 4.69) is 20.9 Å². The highest BCUT2D eigenvalue weighted by Crippen LogP contribution is 2.22. The molecule has 5 heteroatoms. The summed E-state index contributed by atoms with van der Waals surface area (Å²) in [6.45, 7) is 0. The lowest BCUT2D eigenvalue weighted by Crippen LogP contribution is -1.92. The molecule has 0 saturated heterocycles. The van der Waals surface area contributed by atoms with Gasteiger partial charge in [0.2, 0.25) is 6.08 Å². The van der Waals surface area contributed by atoms with Crippen LogP contribution in [0.4, 0.5) is 4.39 Å². The third-order valence-electron chi connectivity index (χ3n) is 1.56. The first kappa shape index (κ1) is 10.6. The molecule has 14 heavy (non-hydrogen) atoms. The van der Waals surface area contributed by atoms with E-state index >= 15 is 0 Å². The highest BCUT2D eigenvalue weighted by molar-refractivity contribution is 9.10. The molecule has 1 rings (SSSR count). The molecular weight excluding hydrogens is 251 g/mol. The third-order valence-corrected chi connectivity index (χ3v) is 2.21. The topological polar surface area (TPSA) is 53.2 Å². The largest absolute Gasteiger partial charge is 0.236 e. The molecule has 3 nitrogen and oxygen atoms in total. The first-order valence-electron chi connectivity index (χ1n) is 3.60. The van der Waals surface area contributed by atoms with E-state index in [1.807, 2.05) is 0 Å². The predicted octanol–water partition coefficient (Wildman–Crippen LogP) is 2.49. The summed E-state index contributed by atoms with van der Waals surface area (Å²) in [6, 6.07) is 4.89. The van der Waals surface area contributed by atoms with Crippen molar-refractivity contribution in [3.63, 3.8) is 0 Å². The lowest BCUT2D eigenvalue weighted by molar-refractivity contribution is 0.561. The fourth-order valence-electron chi connectivity index (χ4n) is 0.913. The van der Waals surface area contributed by atoms with E-state index in [0.717, 1.165) is 6.07 Å². The molecule has 1 atom stereocenters. The van der Waals surface area contributed by atoms with Crippen molar-refractivity contribution in [3.8, 4) is 6.07 Å². The molecule has 0 radical (unpaired) electrons. The Morgan fingerprint density at radius 2 is 2.29 bits per heavy atom. The van der Waals surface area contributed by atoms with Crippen molar-refractivity contribution in [2.45, 2.75) is 6.04 Å². The summed E-state index contributed by atoms with van der Waals surface area (Å²) in [5, 5.41) is 8.61. The number of carbonyl (C=O) groups excluding carboxylic acids is 1. The first-order chi connectivity index (χ1) is 6.69. The standard InChI is InChI=1S/C9H4BrFN2O/c10-7-2-1-6(3-8(7)11)9(4-12)13-5-14/h1-3,9H. The Bertz CT molecular complexity index is 435. The van der Waals surface area contributed by atoms with Crippen LogP contribution >= 0.6 is 15.9 Å². The number of rotatable bonds is 2. The molecule has 0 fully saturated rings. The maximum absolute atomic E-state index is 13.0. The van der Waals surface area contributed by atoms with E-state index in [1.165, 1.54) is 18.2 Å². The van der Waals surface area contributed by atoms with Gasteiger partial charge in [-0.1, -0.05) is 6.07 Å². The summed E-state index contributed by atoms with van der Waals surface area (Å²) >= 11 is 2.97. The van der Waals surface area contributed by atoms with E-state index in [4.69, 9.17) is 5.26 Å². The highest BCUT2D eigenvalue weighted by Gasteiger charge is 2.10. The SMILES string of the molecule is N#CC(N=C=O)c1ccc(Br)c(F)c1. The molecule has 1 aromatic rings. The van der Waals surface area contributed by atoms with Crippen molar-refractivity contribution < 1.29 is 9.18 Å². The van der Waals surface area contributed by atoms with Gasteiger partial charge in [-0.25, -0.2) is 9.18 Å². The van der Waals surface area contributed by atoms with Crippen molar-refractivity contribution in [3.05, 3.63) is 34.1 Å². The van der Waals surface area contributed by atoms with Crippen LogP contribution < -0.4 is 0 Å². The maximum Gasteiger partial charge on any atom is 0.236 e. The molecule has 0 N–H and O–H groups in total. The van der Waals surface area contributed by atoms with Gasteiger partial charge >= 0.3 is 0 Å². The third kappa shape index (κ3) is 2.25. The van der Waals surface area contributed by atoms with Crippen molar-refractivity contribution >= 4 is 22.0 Å². The Morgan fingerprint density at radius 3 is 2.79 bits per heavy atom. The second-order valence-electron chi connectivity index (χ2n) is 2.43. The molecule has 0 amide bonds. The van der Waals surface area contributed by atoms with E-state index in [9.17, 15) is 9.18 Å². The zero-order valence-electron chi connectivity index (χ0n) is 6.87. The van der Waals surface area contributed by atoms with Crippen molar-refractivity contribution in [1.82, 2.24) is 0 Å². The minimum atomic E-state index is -0.991. The summed E-state index contributed by atoms with van der Waals surface area (Å²) in [5.74, 6) is -0.496. The van der Waals surface area contributed by atoms with Crippen LogP contribution in [0.1, 0.15) is 11.6 Å².